The predicted molar refractivity (Wildman–Crippen MR) is 70.0 cm³/mol. The van der Waals surface area contributed by atoms with E-state index in [0.29, 0.717) is 12.2 Å². The second kappa shape index (κ2) is 5.60. The highest BCUT2D eigenvalue weighted by Crippen LogP contribution is 2.30. The van der Waals surface area contributed by atoms with Crippen molar-refractivity contribution in [1.82, 2.24) is 4.98 Å². The van der Waals surface area contributed by atoms with Crippen molar-refractivity contribution in [3.8, 4) is 0 Å². The maximum Gasteiger partial charge on any atom is 0.266 e. The molecule has 0 saturated heterocycles. The third-order valence-electron chi connectivity index (χ3n) is 2.17. The number of fused-ring (bicyclic) bond motifs is 1. The van der Waals surface area contributed by atoms with E-state index in [1.54, 1.807) is 11.3 Å². The van der Waals surface area contributed by atoms with Gasteiger partial charge in [0.2, 0.25) is 0 Å². The summed E-state index contributed by atoms with van der Waals surface area (Å²) in [5, 5.41) is 0. The van der Waals surface area contributed by atoms with E-state index in [1.165, 1.54) is 17.3 Å². The molecule has 1 aromatic heterocycles. The third-order valence-corrected chi connectivity index (χ3v) is 4.36. The first-order valence-electron chi connectivity index (χ1n) is 5.16. The summed E-state index contributed by atoms with van der Waals surface area (Å²) < 4.78 is 25.7. The van der Waals surface area contributed by atoms with Crippen LogP contribution in [-0.4, -0.2) is 10.7 Å². The zero-order valence-corrected chi connectivity index (χ0v) is 10.9. The minimum atomic E-state index is -1.61. The molecule has 0 amide bonds. The quantitative estimate of drug-likeness (QED) is 0.581. The number of allylic oxidation sites excluding steroid dienone is 1. The lowest BCUT2D eigenvalue weighted by molar-refractivity contribution is 0.418. The summed E-state index contributed by atoms with van der Waals surface area (Å²) in [6.45, 7) is 2.04. The Morgan fingerprint density at radius 3 is 3.06 bits per heavy atom. The largest absolute Gasteiger partial charge is 0.266 e. The van der Waals surface area contributed by atoms with Crippen LogP contribution in [0.25, 0.3) is 10.2 Å². The number of hydrogen-bond donors (Lipinski definition) is 0. The van der Waals surface area contributed by atoms with E-state index in [9.17, 15) is 8.78 Å². The van der Waals surface area contributed by atoms with Crippen LogP contribution >= 0.6 is 23.1 Å². The molecule has 1 aromatic carbocycles. The molecule has 2 aromatic rings. The molecule has 90 valence electrons. The summed E-state index contributed by atoms with van der Waals surface area (Å²) >= 11 is 3.14. The van der Waals surface area contributed by atoms with Crippen molar-refractivity contribution in [3.05, 3.63) is 35.9 Å². The average molecular weight is 271 g/mol. The van der Waals surface area contributed by atoms with E-state index in [1.807, 2.05) is 19.1 Å². The minimum absolute atomic E-state index is 0.377. The van der Waals surface area contributed by atoms with Gasteiger partial charge in [0, 0.05) is 5.75 Å². The van der Waals surface area contributed by atoms with Gasteiger partial charge in [-0.1, -0.05) is 17.8 Å². The second-order valence-electron chi connectivity index (χ2n) is 3.58. The topological polar surface area (TPSA) is 12.9 Å². The molecule has 0 unspecified atom stereocenters. The zero-order chi connectivity index (χ0) is 12.3. The molecule has 0 N–H and O–H groups in total. The molecule has 2 rings (SSSR count). The highest BCUT2D eigenvalue weighted by Gasteiger charge is 2.04. The monoisotopic (exact) mass is 271 g/mol. The van der Waals surface area contributed by atoms with Gasteiger partial charge in [-0.2, -0.15) is 8.78 Å². The Bertz CT molecular complexity index is 544. The van der Waals surface area contributed by atoms with E-state index in [0.717, 1.165) is 20.6 Å². The fourth-order valence-electron chi connectivity index (χ4n) is 1.39. The molecule has 17 heavy (non-hydrogen) atoms. The van der Waals surface area contributed by atoms with Crippen LogP contribution in [0.5, 0.6) is 0 Å². The Balaban J connectivity index is 2.02. The van der Waals surface area contributed by atoms with Crippen LogP contribution in [0, 0.1) is 6.92 Å². The van der Waals surface area contributed by atoms with Crippen molar-refractivity contribution in [2.24, 2.45) is 0 Å². The van der Waals surface area contributed by atoms with E-state index < -0.39 is 6.08 Å². The highest BCUT2D eigenvalue weighted by atomic mass is 32.2. The van der Waals surface area contributed by atoms with Crippen molar-refractivity contribution in [2.75, 3.05) is 5.75 Å². The Morgan fingerprint density at radius 1 is 1.47 bits per heavy atom. The Kier molecular flexibility index (Phi) is 4.12. The smallest absolute Gasteiger partial charge is 0.230 e. The van der Waals surface area contributed by atoms with Gasteiger partial charge in [-0.05, 0) is 37.1 Å². The van der Waals surface area contributed by atoms with Crippen molar-refractivity contribution in [1.29, 1.82) is 0 Å². The first-order valence-corrected chi connectivity index (χ1v) is 6.96. The maximum absolute atomic E-state index is 11.8. The zero-order valence-electron chi connectivity index (χ0n) is 9.24. The molecular formula is C12H11F2NS2. The number of halogens is 2. The molecule has 0 radical (unpaired) electrons. The van der Waals surface area contributed by atoms with Gasteiger partial charge in [-0.3, -0.25) is 0 Å². The SMILES string of the molecule is Cc1ccc2nc(SCCC=C(F)F)sc2c1. The molecule has 0 aliphatic heterocycles. The fourth-order valence-corrected chi connectivity index (χ4v) is 3.51. The van der Waals surface area contributed by atoms with Gasteiger partial charge in [-0.15, -0.1) is 11.3 Å². The number of hydrogen-bond acceptors (Lipinski definition) is 3. The van der Waals surface area contributed by atoms with Crippen LogP contribution in [0.1, 0.15) is 12.0 Å². The lowest BCUT2D eigenvalue weighted by atomic mass is 10.2. The summed E-state index contributed by atoms with van der Waals surface area (Å²) in [5.41, 5.74) is 2.19. The first-order chi connectivity index (χ1) is 8.15. The minimum Gasteiger partial charge on any atom is -0.230 e. The van der Waals surface area contributed by atoms with E-state index >= 15 is 0 Å². The van der Waals surface area contributed by atoms with Crippen LogP contribution in [0.15, 0.2) is 34.7 Å². The summed E-state index contributed by atoms with van der Waals surface area (Å²) in [7, 11) is 0. The fraction of sp³-hybridized carbons (Fsp3) is 0.250. The van der Waals surface area contributed by atoms with Crippen LogP contribution in [0.4, 0.5) is 8.78 Å². The lowest BCUT2D eigenvalue weighted by Gasteiger charge is -1.91. The van der Waals surface area contributed by atoms with Crippen molar-refractivity contribution >= 4 is 33.3 Å². The van der Waals surface area contributed by atoms with Crippen LogP contribution in [0.2, 0.25) is 0 Å². The first kappa shape index (κ1) is 12.5. The molecular weight excluding hydrogens is 260 g/mol. The van der Waals surface area contributed by atoms with Gasteiger partial charge in [-0.25, -0.2) is 4.98 Å². The molecule has 1 nitrogen and oxygen atoms in total. The second-order valence-corrected chi connectivity index (χ2v) is 5.95. The summed E-state index contributed by atoms with van der Waals surface area (Å²) in [6.07, 6.45) is -0.280. The molecule has 5 heteroatoms. The summed E-state index contributed by atoms with van der Waals surface area (Å²) in [6, 6.07) is 6.11. The van der Waals surface area contributed by atoms with E-state index in [-0.39, 0.29) is 0 Å². The van der Waals surface area contributed by atoms with Crippen LogP contribution < -0.4 is 0 Å². The third kappa shape index (κ3) is 3.51. The molecule has 0 spiro atoms. The number of rotatable bonds is 4. The number of aromatic nitrogens is 1. The lowest BCUT2D eigenvalue weighted by Crippen LogP contribution is -1.76. The van der Waals surface area contributed by atoms with Gasteiger partial charge in [0.05, 0.1) is 10.2 Å². The van der Waals surface area contributed by atoms with Crippen LogP contribution in [0.3, 0.4) is 0 Å². The van der Waals surface area contributed by atoms with Gasteiger partial charge in [0.15, 0.2) is 4.34 Å². The standard InChI is InChI=1S/C12H11F2NS2/c1-8-4-5-9-10(7-8)17-12(15-9)16-6-2-3-11(13)14/h3-5,7H,2,6H2,1H3. The number of benzene rings is 1. The Labute approximate surface area is 107 Å². The average Bonchev–Trinajstić information content (AvgIpc) is 2.66. The van der Waals surface area contributed by atoms with Crippen molar-refractivity contribution < 1.29 is 8.78 Å². The number of thioether (sulfide) groups is 1. The van der Waals surface area contributed by atoms with E-state index in [2.05, 4.69) is 11.1 Å². The Hall–Kier alpha value is -0.940. The Morgan fingerprint density at radius 2 is 2.29 bits per heavy atom. The highest BCUT2D eigenvalue weighted by molar-refractivity contribution is 8.01. The maximum atomic E-state index is 11.8. The molecule has 0 fully saturated rings. The molecule has 0 atom stereocenters. The van der Waals surface area contributed by atoms with E-state index in [4.69, 9.17) is 0 Å². The number of nitrogens with zero attached hydrogens (tertiary/aromatic N) is 1. The van der Waals surface area contributed by atoms with Gasteiger partial charge < -0.3 is 0 Å². The molecule has 1 heterocycles. The van der Waals surface area contributed by atoms with Gasteiger partial charge in [0.1, 0.15) is 0 Å². The summed E-state index contributed by atoms with van der Waals surface area (Å²) in [4.78, 5) is 4.44. The molecule has 0 aliphatic rings. The molecule has 0 bridgehead atoms. The van der Waals surface area contributed by atoms with Gasteiger partial charge in [0.25, 0.3) is 6.08 Å². The number of thiazole rings is 1. The number of aryl methyl sites for hydroxylation is 1. The van der Waals surface area contributed by atoms with Gasteiger partial charge >= 0.3 is 0 Å². The van der Waals surface area contributed by atoms with Crippen LogP contribution in [-0.2, 0) is 0 Å². The predicted octanol–water partition coefficient (Wildman–Crippen LogP) is 4.87. The van der Waals surface area contributed by atoms with Crippen molar-refractivity contribution in [2.45, 2.75) is 17.7 Å². The van der Waals surface area contributed by atoms with Crippen molar-refractivity contribution in [3.63, 3.8) is 0 Å². The summed E-state index contributed by atoms with van der Waals surface area (Å²) in [5.74, 6) is 0.635. The molecule has 0 saturated carbocycles. The molecule has 0 aliphatic carbocycles. The normalized spacial score (nSPS) is 10.8.